The molecule has 0 atom stereocenters. The molecule has 0 heterocycles. The number of Topliss-reactive ketones (excluding diaryl/α,β-unsaturated/α-hetero) is 2. The number of nitrogens with zero attached hydrogens (tertiary/aromatic N) is 1. The summed E-state index contributed by atoms with van der Waals surface area (Å²) in [4.78, 5) is 40.7. The van der Waals surface area contributed by atoms with Gasteiger partial charge in [-0.3, -0.25) is 14.6 Å². The Morgan fingerprint density at radius 2 is 1.80 bits per heavy atom. The molecule has 0 saturated heterocycles. The number of esters is 1. The average molecular weight is 419 g/mol. The second kappa shape index (κ2) is 10.7. The smallest absolute Gasteiger partial charge is 0.344 e. The van der Waals surface area contributed by atoms with E-state index in [9.17, 15) is 18.8 Å². The summed E-state index contributed by atoms with van der Waals surface area (Å²) in [6.07, 6.45) is 0.650. The molecule has 4 N–H and O–H groups in total. The number of amidine groups is 1. The van der Waals surface area contributed by atoms with Crippen LogP contribution in [0.15, 0.2) is 34.5 Å². The summed E-state index contributed by atoms with van der Waals surface area (Å²) in [6.45, 7) is 8.32. The lowest BCUT2D eigenvalue weighted by Crippen LogP contribution is -2.28. The largest absolute Gasteiger partial charge is 0.454 e. The van der Waals surface area contributed by atoms with E-state index in [0.29, 0.717) is 18.5 Å². The van der Waals surface area contributed by atoms with Crippen LogP contribution in [0, 0.1) is 11.2 Å². The maximum atomic E-state index is 14.2. The molecule has 7 nitrogen and oxygen atoms in total. The predicted molar refractivity (Wildman–Crippen MR) is 114 cm³/mol. The predicted octanol–water partition coefficient (Wildman–Crippen LogP) is 2.71. The fourth-order valence-corrected chi connectivity index (χ4v) is 2.57. The van der Waals surface area contributed by atoms with Gasteiger partial charge in [-0.25, -0.2) is 9.18 Å². The number of ether oxygens (including phenoxy) is 1. The Balaban J connectivity index is 2.89. The molecule has 0 saturated carbocycles. The number of hydrogen-bond donors (Lipinski definition) is 2. The fourth-order valence-electron chi connectivity index (χ4n) is 2.57. The third kappa shape index (κ3) is 7.09. The van der Waals surface area contributed by atoms with Crippen LogP contribution in [0.3, 0.4) is 0 Å². The van der Waals surface area contributed by atoms with Gasteiger partial charge in [0.15, 0.2) is 6.61 Å². The first-order valence-electron chi connectivity index (χ1n) is 9.67. The van der Waals surface area contributed by atoms with Gasteiger partial charge < -0.3 is 16.2 Å². The standard InChI is InChI=1S/C22H30FN3O4/c1-6-26-20(25)19(13(2)24)21(29)30-12-17(27)15-11-14(7-9-16(15)23)8-10-18(28)22(3,4)5/h7,9,11H,6,8,10,12,24H2,1-5H3,(H2,25,26). The lowest BCUT2D eigenvalue weighted by Gasteiger charge is -2.16. The SMILES string of the molecule is CCN=C(N)C(C(=O)OCC(=O)c1cc(CCC(=O)C(C)(C)C)ccc1F)=C(C)N. The van der Waals surface area contributed by atoms with Gasteiger partial charge >= 0.3 is 5.97 Å². The Hall–Kier alpha value is -3.03. The Kier molecular flexibility index (Phi) is 8.89. The molecule has 0 radical (unpaired) electrons. The number of carbonyl (C=O) groups excluding carboxylic acids is 3. The van der Waals surface area contributed by atoms with Gasteiger partial charge in [0.2, 0.25) is 5.78 Å². The minimum Gasteiger partial charge on any atom is -0.454 e. The Bertz CT molecular complexity index is 879. The van der Waals surface area contributed by atoms with E-state index in [1.165, 1.54) is 19.1 Å². The first-order valence-corrected chi connectivity index (χ1v) is 9.67. The molecular weight excluding hydrogens is 389 g/mol. The molecule has 30 heavy (non-hydrogen) atoms. The van der Waals surface area contributed by atoms with Crippen molar-refractivity contribution in [2.45, 2.75) is 47.5 Å². The van der Waals surface area contributed by atoms with Gasteiger partial charge in [-0.1, -0.05) is 26.8 Å². The van der Waals surface area contributed by atoms with E-state index in [4.69, 9.17) is 16.2 Å². The van der Waals surface area contributed by atoms with Crippen molar-refractivity contribution < 1.29 is 23.5 Å². The van der Waals surface area contributed by atoms with Crippen LogP contribution in [0.5, 0.6) is 0 Å². The van der Waals surface area contributed by atoms with Crippen molar-refractivity contribution in [3.8, 4) is 0 Å². The van der Waals surface area contributed by atoms with Gasteiger partial charge in [-0.2, -0.15) is 0 Å². The number of hydrogen-bond acceptors (Lipinski definition) is 6. The van der Waals surface area contributed by atoms with Crippen molar-refractivity contribution in [3.63, 3.8) is 0 Å². The third-order valence-corrected chi connectivity index (χ3v) is 4.33. The molecular formula is C22H30FN3O4. The van der Waals surface area contributed by atoms with Crippen LogP contribution in [0.1, 0.15) is 57.0 Å². The van der Waals surface area contributed by atoms with Crippen molar-refractivity contribution in [2.75, 3.05) is 13.2 Å². The first kappa shape index (κ1) is 25.0. The maximum absolute atomic E-state index is 14.2. The van der Waals surface area contributed by atoms with E-state index in [1.807, 2.05) is 20.8 Å². The Morgan fingerprint density at radius 3 is 2.33 bits per heavy atom. The molecule has 0 fully saturated rings. The highest BCUT2D eigenvalue weighted by Crippen LogP contribution is 2.19. The Morgan fingerprint density at radius 1 is 1.17 bits per heavy atom. The highest BCUT2D eigenvalue weighted by molar-refractivity contribution is 6.19. The molecule has 0 aliphatic rings. The number of ketones is 2. The van der Waals surface area contributed by atoms with E-state index >= 15 is 0 Å². The van der Waals surface area contributed by atoms with E-state index in [1.54, 1.807) is 6.92 Å². The van der Waals surface area contributed by atoms with E-state index < -0.39 is 29.6 Å². The molecule has 0 aliphatic carbocycles. The topological polar surface area (TPSA) is 125 Å². The number of aryl methyl sites for hydroxylation is 1. The van der Waals surface area contributed by atoms with Crippen LogP contribution in [0.2, 0.25) is 0 Å². The summed E-state index contributed by atoms with van der Waals surface area (Å²) < 4.78 is 19.1. The quantitative estimate of drug-likeness (QED) is 0.208. The lowest BCUT2D eigenvalue weighted by atomic mass is 9.87. The van der Waals surface area contributed by atoms with Crippen molar-refractivity contribution in [1.82, 2.24) is 0 Å². The van der Waals surface area contributed by atoms with Gasteiger partial charge in [0.1, 0.15) is 23.0 Å². The van der Waals surface area contributed by atoms with E-state index in [0.717, 1.165) is 6.07 Å². The number of rotatable bonds is 9. The monoisotopic (exact) mass is 419 g/mol. The zero-order chi connectivity index (χ0) is 23.1. The normalized spacial score (nSPS) is 12.9. The average Bonchev–Trinajstić information content (AvgIpc) is 2.64. The number of allylic oxidation sites excluding steroid dienone is 1. The molecule has 0 aliphatic heterocycles. The summed E-state index contributed by atoms with van der Waals surface area (Å²) in [6, 6.07) is 4.06. The fraction of sp³-hybridized carbons (Fsp3) is 0.455. The molecule has 0 spiro atoms. The van der Waals surface area contributed by atoms with Gasteiger partial charge in [-0.15, -0.1) is 0 Å². The molecule has 164 valence electrons. The summed E-state index contributed by atoms with van der Waals surface area (Å²) in [5, 5.41) is 0. The number of aliphatic imine (C=N–C) groups is 1. The lowest BCUT2D eigenvalue weighted by molar-refractivity contribution is -0.137. The number of nitrogens with two attached hydrogens (primary N) is 2. The van der Waals surface area contributed by atoms with Crippen LogP contribution >= 0.6 is 0 Å². The van der Waals surface area contributed by atoms with Crippen molar-refractivity contribution in [1.29, 1.82) is 0 Å². The van der Waals surface area contributed by atoms with Crippen molar-refractivity contribution in [3.05, 3.63) is 46.4 Å². The maximum Gasteiger partial charge on any atom is 0.344 e. The Labute approximate surface area is 176 Å². The minimum absolute atomic E-state index is 0.0661. The molecule has 1 rings (SSSR count). The van der Waals surface area contributed by atoms with Crippen LogP contribution in [0.25, 0.3) is 0 Å². The van der Waals surface area contributed by atoms with Gasteiger partial charge in [0.05, 0.1) is 5.56 Å². The van der Waals surface area contributed by atoms with Crippen LogP contribution in [-0.2, 0) is 20.7 Å². The summed E-state index contributed by atoms with van der Waals surface area (Å²) in [5.41, 5.74) is 11.3. The van der Waals surface area contributed by atoms with Crippen LogP contribution in [-0.4, -0.2) is 36.5 Å². The van der Waals surface area contributed by atoms with Crippen molar-refractivity contribution >= 4 is 23.4 Å². The van der Waals surface area contributed by atoms with Crippen LogP contribution < -0.4 is 11.5 Å². The molecule has 0 bridgehead atoms. The molecule has 0 aromatic heterocycles. The number of carbonyl (C=O) groups is 3. The first-order chi connectivity index (χ1) is 13.9. The highest BCUT2D eigenvalue weighted by atomic mass is 19.1. The highest BCUT2D eigenvalue weighted by Gasteiger charge is 2.22. The van der Waals surface area contributed by atoms with Crippen molar-refractivity contribution in [2.24, 2.45) is 21.9 Å². The van der Waals surface area contributed by atoms with E-state index in [2.05, 4.69) is 4.99 Å². The number of benzene rings is 1. The summed E-state index contributed by atoms with van der Waals surface area (Å²) >= 11 is 0. The van der Waals surface area contributed by atoms with Gasteiger partial charge in [0.25, 0.3) is 0 Å². The summed E-state index contributed by atoms with van der Waals surface area (Å²) in [5.74, 6) is -2.39. The molecule has 1 aromatic rings. The third-order valence-electron chi connectivity index (χ3n) is 4.33. The second-order valence-electron chi connectivity index (χ2n) is 7.90. The molecule has 1 aromatic carbocycles. The van der Waals surface area contributed by atoms with Gasteiger partial charge in [-0.05, 0) is 38.0 Å². The molecule has 0 amide bonds. The summed E-state index contributed by atoms with van der Waals surface area (Å²) in [7, 11) is 0. The zero-order valence-electron chi connectivity index (χ0n) is 18.2. The second-order valence-corrected chi connectivity index (χ2v) is 7.90. The van der Waals surface area contributed by atoms with Crippen LogP contribution in [0.4, 0.5) is 4.39 Å². The molecule has 0 unspecified atom stereocenters. The molecule has 8 heteroatoms. The minimum atomic E-state index is -0.912. The van der Waals surface area contributed by atoms with Gasteiger partial charge in [0, 0.05) is 24.1 Å². The van der Waals surface area contributed by atoms with E-state index in [-0.39, 0.29) is 34.9 Å². The number of halogens is 1. The zero-order valence-corrected chi connectivity index (χ0v) is 18.2.